The quantitative estimate of drug-likeness (QED) is 0.537. The van der Waals surface area contributed by atoms with Crippen LogP contribution in [0.25, 0.3) is 0 Å². The van der Waals surface area contributed by atoms with Gasteiger partial charge in [0.05, 0.1) is 0 Å². The van der Waals surface area contributed by atoms with E-state index in [2.05, 4.69) is 23.5 Å². The predicted octanol–water partition coefficient (Wildman–Crippen LogP) is 5.34. The molecule has 0 saturated heterocycles. The zero-order valence-corrected chi connectivity index (χ0v) is 19.5. The Labute approximate surface area is 190 Å². The fourth-order valence-corrected chi connectivity index (χ4v) is 4.94. The van der Waals surface area contributed by atoms with E-state index in [-0.39, 0.29) is 17.9 Å². The average molecular weight is 439 g/mol. The van der Waals surface area contributed by atoms with Crippen LogP contribution >= 0.6 is 11.8 Å². The van der Waals surface area contributed by atoms with Crippen molar-refractivity contribution in [3.8, 4) is 0 Å². The van der Waals surface area contributed by atoms with Crippen molar-refractivity contribution in [2.45, 2.75) is 75.9 Å². The van der Waals surface area contributed by atoms with Gasteiger partial charge in [-0.15, -0.1) is 11.8 Å². The molecular formula is C26H34N2O2S. The van der Waals surface area contributed by atoms with Crippen LogP contribution < -0.4 is 5.32 Å². The first-order valence-corrected chi connectivity index (χ1v) is 12.3. The van der Waals surface area contributed by atoms with Gasteiger partial charge in [0.15, 0.2) is 0 Å². The van der Waals surface area contributed by atoms with E-state index >= 15 is 0 Å². The van der Waals surface area contributed by atoms with Crippen molar-refractivity contribution in [3.63, 3.8) is 0 Å². The average Bonchev–Trinajstić information content (AvgIpc) is 2.78. The number of aryl methyl sites for hydroxylation is 1. The van der Waals surface area contributed by atoms with Gasteiger partial charge in [-0.25, -0.2) is 0 Å². The van der Waals surface area contributed by atoms with Gasteiger partial charge in [-0.05, 0) is 44.4 Å². The number of nitrogens with one attached hydrogen (secondary N) is 1. The molecule has 0 unspecified atom stereocenters. The Bertz CT molecular complexity index is 849. The smallest absolute Gasteiger partial charge is 0.242 e. The number of benzene rings is 2. The van der Waals surface area contributed by atoms with E-state index < -0.39 is 6.04 Å². The molecule has 0 spiro atoms. The van der Waals surface area contributed by atoms with Crippen molar-refractivity contribution in [1.29, 1.82) is 0 Å². The summed E-state index contributed by atoms with van der Waals surface area (Å²) in [6.07, 6.45) is 6.07. The number of carbonyl (C=O) groups excluding carboxylic acids is 2. The minimum Gasteiger partial charge on any atom is -0.352 e. The Morgan fingerprint density at radius 2 is 1.81 bits per heavy atom. The molecule has 0 aliphatic heterocycles. The maximum absolute atomic E-state index is 13.2. The number of nitrogens with zero attached hydrogens (tertiary/aromatic N) is 1. The summed E-state index contributed by atoms with van der Waals surface area (Å²) in [6.45, 7) is 4.36. The van der Waals surface area contributed by atoms with E-state index in [1.807, 2.05) is 50.2 Å². The monoisotopic (exact) mass is 438 g/mol. The van der Waals surface area contributed by atoms with Crippen LogP contribution in [-0.2, 0) is 16.1 Å². The lowest BCUT2D eigenvalue weighted by atomic mass is 9.95. The zero-order chi connectivity index (χ0) is 22.1. The summed E-state index contributed by atoms with van der Waals surface area (Å²) in [5, 5.41) is 3.20. The van der Waals surface area contributed by atoms with E-state index in [9.17, 15) is 9.59 Å². The lowest BCUT2D eigenvalue weighted by Crippen LogP contribution is -2.50. The second-order valence-corrected chi connectivity index (χ2v) is 9.61. The minimum absolute atomic E-state index is 0.0243. The standard InChI is InChI=1S/C26H34N2O2S/c1-20-10-9-11-22(18-20)19-28(21(2)26(30)27-23-12-5-3-6-13-23)25(29)16-17-31-24-14-7-4-8-15-24/h4,7-11,14-15,18,21,23H,3,5-6,12-13,16-17,19H2,1-2H3,(H,27,30)/t21-/m1/s1. The summed E-state index contributed by atoms with van der Waals surface area (Å²) >= 11 is 1.68. The third-order valence-corrected chi connectivity index (χ3v) is 6.90. The van der Waals surface area contributed by atoms with Gasteiger partial charge in [-0.3, -0.25) is 9.59 Å². The lowest BCUT2D eigenvalue weighted by Gasteiger charge is -2.31. The van der Waals surface area contributed by atoms with Gasteiger partial charge >= 0.3 is 0 Å². The Morgan fingerprint density at radius 3 is 2.52 bits per heavy atom. The third kappa shape index (κ3) is 7.42. The summed E-state index contributed by atoms with van der Waals surface area (Å²) in [5.41, 5.74) is 2.21. The van der Waals surface area contributed by atoms with Gasteiger partial charge in [0, 0.05) is 29.7 Å². The highest BCUT2D eigenvalue weighted by Crippen LogP contribution is 2.21. The van der Waals surface area contributed by atoms with E-state index in [0.717, 1.165) is 28.9 Å². The SMILES string of the molecule is Cc1cccc(CN(C(=O)CCSc2ccccc2)[C@H](C)C(=O)NC2CCCCC2)c1. The van der Waals surface area contributed by atoms with E-state index in [1.165, 1.54) is 19.3 Å². The van der Waals surface area contributed by atoms with Crippen LogP contribution in [0.15, 0.2) is 59.5 Å². The molecule has 2 aromatic rings. The number of hydrogen-bond donors (Lipinski definition) is 1. The Balaban J connectivity index is 1.65. The molecule has 0 bridgehead atoms. The molecule has 4 nitrogen and oxygen atoms in total. The fourth-order valence-electron chi connectivity index (χ4n) is 4.08. The van der Waals surface area contributed by atoms with Crippen molar-refractivity contribution >= 4 is 23.6 Å². The molecule has 1 aliphatic rings. The fraction of sp³-hybridized carbons (Fsp3) is 0.462. The molecule has 0 radical (unpaired) electrons. The van der Waals surface area contributed by atoms with Gasteiger partial charge < -0.3 is 10.2 Å². The van der Waals surface area contributed by atoms with Crippen molar-refractivity contribution in [2.24, 2.45) is 0 Å². The van der Waals surface area contributed by atoms with Crippen molar-refractivity contribution < 1.29 is 9.59 Å². The molecule has 3 rings (SSSR count). The van der Waals surface area contributed by atoms with Crippen LogP contribution in [0.1, 0.15) is 56.6 Å². The lowest BCUT2D eigenvalue weighted by molar-refractivity contribution is -0.140. The number of rotatable bonds is 9. The first kappa shape index (κ1) is 23.4. The van der Waals surface area contributed by atoms with E-state index in [4.69, 9.17) is 0 Å². The van der Waals surface area contributed by atoms with Gasteiger partial charge in [0.25, 0.3) is 0 Å². The first-order chi connectivity index (χ1) is 15.0. The Hall–Kier alpha value is -2.27. The molecule has 0 aromatic heterocycles. The molecule has 0 heterocycles. The number of thioether (sulfide) groups is 1. The highest BCUT2D eigenvalue weighted by Gasteiger charge is 2.27. The topological polar surface area (TPSA) is 49.4 Å². The van der Waals surface area contributed by atoms with Crippen LogP contribution in [0.3, 0.4) is 0 Å². The summed E-state index contributed by atoms with van der Waals surface area (Å²) in [4.78, 5) is 29.1. The zero-order valence-electron chi connectivity index (χ0n) is 18.7. The molecule has 1 aliphatic carbocycles. The highest BCUT2D eigenvalue weighted by atomic mass is 32.2. The van der Waals surface area contributed by atoms with Gasteiger partial charge in [0.1, 0.15) is 6.04 Å². The van der Waals surface area contributed by atoms with E-state index in [0.29, 0.717) is 18.7 Å². The predicted molar refractivity (Wildman–Crippen MR) is 128 cm³/mol. The molecule has 1 fully saturated rings. The molecule has 1 N–H and O–H groups in total. The summed E-state index contributed by atoms with van der Waals surface area (Å²) in [7, 11) is 0. The Kier molecular flexibility index (Phi) is 9.01. The Morgan fingerprint density at radius 1 is 1.06 bits per heavy atom. The van der Waals surface area contributed by atoms with Gasteiger partial charge in [0.2, 0.25) is 11.8 Å². The van der Waals surface area contributed by atoms with Gasteiger partial charge in [-0.2, -0.15) is 0 Å². The molecule has 1 saturated carbocycles. The van der Waals surface area contributed by atoms with Crippen molar-refractivity contribution in [3.05, 3.63) is 65.7 Å². The normalized spacial score (nSPS) is 15.3. The molecule has 1 atom stereocenters. The molecule has 5 heteroatoms. The number of amides is 2. The van der Waals surface area contributed by atoms with Crippen LogP contribution in [0.2, 0.25) is 0 Å². The number of carbonyl (C=O) groups is 2. The second-order valence-electron chi connectivity index (χ2n) is 8.44. The molecule has 2 amide bonds. The molecule has 166 valence electrons. The first-order valence-electron chi connectivity index (χ1n) is 11.4. The molecule has 2 aromatic carbocycles. The van der Waals surface area contributed by atoms with Gasteiger partial charge in [-0.1, -0.05) is 67.3 Å². The van der Waals surface area contributed by atoms with E-state index in [1.54, 1.807) is 16.7 Å². The third-order valence-electron chi connectivity index (χ3n) is 5.88. The number of hydrogen-bond acceptors (Lipinski definition) is 3. The highest BCUT2D eigenvalue weighted by molar-refractivity contribution is 7.99. The summed E-state index contributed by atoms with van der Waals surface area (Å²) < 4.78 is 0. The minimum atomic E-state index is -0.489. The maximum atomic E-state index is 13.2. The summed E-state index contributed by atoms with van der Waals surface area (Å²) in [6, 6.07) is 18.0. The van der Waals surface area contributed by atoms with Crippen LogP contribution in [-0.4, -0.2) is 34.6 Å². The summed E-state index contributed by atoms with van der Waals surface area (Å²) in [5.74, 6) is 0.685. The molecule has 31 heavy (non-hydrogen) atoms. The van der Waals surface area contributed by atoms with Crippen molar-refractivity contribution in [2.75, 3.05) is 5.75 Å². The van der Waals surface area contributed by atoms with Crippen LogP contribution in [0, 0.1) is 6.92 Å². The largest absolute Gasteiger partial charge is 0.352 e. The van der Waals surface area contributed by atoms with Crippen molar-refractivity contribution in [1.82, 2.24) is 10.2 Å². The van der Waals surface area contributed by atoms with Crippen LogP contribution in [0.5, 0.6) is 0 Å². The van der Waals surface area contributed by atoms with Crippen LogP contribution in [0.4, 0.5) is 0 Å². The maximum Gasteiger partial charge on any atom is 0.242 e. The molecular weight excluding hydrogens is 404 g/mol. The second kappa shape index (κ2) is 11.9.